The molecule has 0 aromatic rings. The van der Waals surface area contributed by atoms with E-state index in [2.05, 4.69) is 52.0 Å². The summed E-state index contributed by atoms with van der Waals surface area (Å²) in [5.41, 5.74) is 0. The molecule has 16 heavy (non-hydrogen) atoms. The van der Waals surface area contributed by atoms with Gasteiger partial charge in [0.25, 0.3) is 0 Å². The van der Waals surface area contributed by atoms with Crippen LogP contribution in [0.1, 0.15) is 53.4 Å². The van der Waals surface area contributed by atoms with Crippen LogP contribution in [0.3, 0.4) is 0 Å². The van der Waals surface area contributed by atoms with E-state index in [4.69, 9.17) is 4.43 Å². The van der Waals surface area contributed by atoms with E-state index < -0.39 is 0 Å². The molecule has 0 aliphatic rings. The highest BCUT2D eigenvalue weighted by atomic mass is 28.2. The van der Waals surface area contributed by atoms with Crippen molar-refractivity contribution in [2.45, 2.75) is 58.4 Å². The molecule has 0 saturated carbocycles. The van der Waals surface area contributed by atoms with Crippen LogP contribution in [-0.2, 0) is 4.43 Å². The van der Waals surface area contributed by atoms with Gasteiger partial charge in [-0.05, 0) is 37.6 Å². The molecular weight excluding hydrogens is 212 g/mol. The van der Waals surface area contributed by atoms with Crippen LogP contribution in [0, 0.1) is 0 Å². The third kappa shape index (κ3) is 13.7. The predicted molar refractivity (Wildman–Crippen MR) is 76.6 cm³/mol. The molecule has 0 unspecified atom stereocenters. The Morgan fingerprint density at radius 3 is 2.44 bits per heavy atom. The molecule has 0 aliphatic carbocycles. The minimum atomic E-state index is -0.328. The monoisotopic (exact) mass is 240 g/mol. The topological polar surface area (TPSA) is 9.23 Å². The molecule has 0 saturated heterocycles. The van der Waals surface area contributed by atoms with Crippen molar-refractivity contribution >= 4 is 9.76 Å². The van der Waals surface area contributed by atoms with Crippen molar-refractivity contribution in [3.63, 3.8) is 0 Å². The Morgan fingerprint density at radius 2 is 1.81 bits per heavy atom. The summed E-state index contributed by atoms with van der Waals surface area (Å²) < 4.78 is 5.75. The van der Waals surface area contributed by atoms with Crippen LogP contribution in [0.5, 0.6) is 0 Å². The van der Waals surface area contributed by atoms with Crippen molar-refractivity contribution in [1.29, 1.82) is 0 Å². The molecule has 0 rings (SSSR count). The number of unbranched alkanes of at least 4 members (excludes halogenated alkanes) is 2. The molecule has 0 atom stereocenters. The van der Waals surface area contributed by atoms with Gasteiger partial charge >= 0.3 is 0 Å². The second-order valence-corrected chi connectivity index (χ2v) is 8.20. The van der Waals surface area contributed by atoms with Crippen molar-refractivity contribution < 1.29 is 4.43 Å². The van der Waals surface area contributed by atoms with Gasteiger partial charge in [-0.1, -0.05) is 45.1 Å². The van der Waals surface area contributed by atoms with Gasteiger partial charge in [0, 0.05) is 6.61 Å². The summed E-state index contributed by atoms with van der Waals surface area (Å²) >= 11 is 0. The standard InChI is InChI=1S/C14H28OSi/c1-5-6-7-8-9-10-11-12-13-15-16-14(2,3)4/h5-6,8-9H,7,10-13,16H2,1-4H3. The van der Waals surface area contributed by atoms with Crippen LogP contribution in [0.15, 0.2) is 24.3 Å². The Labute approximate surface area is 104 Å². The molecule has 0 N–H and O–H groups in total. The number of hydrogen-bond donors (Lipinski definition) is 0. The second-order valence-electron chi connectivity index (χ2n) is 5.39. The lowest BCUT2D eigenvalue weighted by molar-refractivity contribution is 0.310. The molecule has 0 amide bonds. The number of hydrogen-bond acceptors (Lipinski definition) is 1. The van der Waals surface area contributed by atoms with Gasteiger partial charge in [0.2, 0.25) is 0 Å². The average molecular weight is 240 g/mol. The van der Waals surface area contributed by atoms with Crippen LogP contribution >= 0.6 is 0 Å². The fourth-order valence-electron chi connectivity index (χ4n) is 1.27. The molecule has 2 heteroatoms. The van der Waals surface area contributed by atoms with E-state index in [1.807, 2.05) is 0 Å². The summed E-state index contributed by atoms with van der Waals surface area (Å²) in [4.78, 5) is 0. The smallest absolute Gasteiger partial charge is 0.166 e. The lowest BCUT2D eigenvalue weighted by atomic mass is 10.2. The Morgan fingerprint density at radius 1 is 1.06 bits per heavy atom. The van der Waals surface area contributed by atoms with E-state index in [0.717, 1.165) is 13.0 Å². The first-order chi connectivity index (χ1) is 7.56. The molecule has 0 aliphatic heterocycles. The molecular formula is C14H28OSi. The van der Waals surface area contributed by atoms with Crippen LogP contribution in [-0.4, -0.2) is 16.4 Å². The largest absolute Gasteiger partial charge is 0.423 e. The maximum absolute atomic E-state index is 5.75. The molecule has 0 radical (unpaired) electrons. The van der Waals surface area contributed by atoms with Gasteiger partial charge in [0.05, 0.1) is 0 Å². The predicted octanol–water partition coefficient (Wildman–Crippen LogP) is 4.00. The normalized spacial score (nSPS) is 13.8. The quantitative estimate of drug-likeness (QED) is 0.354. The molecule has 0 bridgehead atoms. The van der Waals surface area contributed by atoms with Crippen LogP contribution in [0.2, 0.25) is 5.04 Å². The zero-order valence-electron chi connectivity index (χ0n) is 11.5. The van der Waals surface area contributed by atoms with Crippen molar-refractivity contribution in [2.75, 3.05) is 6.61 Å². The maximum Gasteiger partial charge on any atom is 0.166 e. The van der Waals surface area contributed by atoms with E-state index in [1.165, 1.54) is 19.3 Å². The Balaban J connectivity index is 3.19. The molecule has 0 spiro atoms. The van der Waals surface area contributed by atoms with Gasteiger partial charge in [0.15, 0.2) is 9.76 Å². The minimum Gasteiger partial charge on any atom is -0.423 e. The van der Waals surface area contributed by atoms with Gasteiger partial charge in [-0.3, -0.25) is 0 Å². The summed E-state index contributed by atoms with van der Waals surface area (Å²) in [7, 11) is -0.328. The van der Waals surface area contributed by atoms with Gasteiger partial charge in [-0.15, -0.1) is 0 Å². The summed E-state index contributed by atoms with van der Waals surface area (Å²) in [5.74, 6) is 0. The summed E-state index contributed by atoms with van der Waals surface area (Å²) in [5, 5.41) is 0.437. The molecule has 1 nitrogen and oxygen atoms in total. The summed E-state index contributed by atoms with van der Waals surface area (Å²) in [6.45, 7) is 9.83. The van der Waals surface area contributed by atoms with E-state index in [9.17, 15) is 0 Å². The first-order valence-electron chi connectivity index (χ1n) is 6.40. The van der Waals surface area contributed by atoms with Crippen LogP contribution < -0.4 is 0 Å². The highest BCUT2D eigenvalue weighted by Gasteiger charge is 2.10. The fourth-order valence-corrected chi connectivity index (χ4v) is 2.23. The third-order valence-electron chi connectivity index (χ3n) is 2.12. The number of allylic oxidation sites excluding steroid dienone is 4. The zero-order valence-corrected chi connectivity index (χ0v) is 12.9. The lowest BCUT2D eigenvalue weighted by Gasteiger charge is -2.16. The first kappa shape index (κ1) is 15.7. The Kier molecular flexibility index (Phi) is 9.64. The van der Waals surface area contributed by atoms with E-state index in [0.29, 0.717) is 5.04 Å². The fraction of sp³-hybridized carbons (Fsp3) is 0.714. The maximum atomic E-state index is 5.75. The Hall–Kier alpha value is -0.343. The summed E-state index contributed by atoms with van der Waals surface area (Å²) in [6, 6.07) is 0. The van der Waals surface area contributed by atoms with Gasteiger partial charge < -0.3 is 4.43 Å². The minimum absolute atomic E-state index is 0.328. The highest BCUT2D eigenvalue weighted by molar-refractivity contribution is 6.31. The van der Waals surface area contributed by atoms with E-state index >= 15 is 0 Å². The molecule has 0 heterocycles. The molecule has 0 aromatic carbocycles. The second kappa shape index (κ2) is 9.85. The van der Waals surface area contributed by atoms with Crippen molar-refractivity contribution in [2.24, 2.45) is 0 Å². The average Bonchev–Trinajstić information content (AvgIpc) is 2.19. The van der Waals surface area contributed by atoms with Crippen molar-refractivity contribution in [3.05, 3.63) is 24.3 Å². The first-order valence-corrected chi connectivity index (χ1v) is 7.68. The third-order valence-corrected chi connectivity index (χ3v) is 3.48. The van der Waals surface area contributed by atoms with Crippen molar-refractivity contribution in [3.8, 4) is 0 Å². The van der Waals surface area contributed by atoms with E-state index in [-0.39, 0.29) is 9.76 Å². The molecule has 0 fully saturated rings. The van der Waals surface area contributed by atoms with Gasteiger partial charge in [-0.2, -0.15) is 0 Å². The Bertz CT molecular complexity index is 201. The number of rotatable bonds is 8. The summed E-state index contributed by atoms with van der Waals surface area (Å²) in [6.07, 6.45) is 13.5. The SMILES string of the molecule is CC=CCC=CCCCCO[SiH2]C(C)(C)C. The molecule has 94 valence electrons. The van der Waals surface area contributed by atoms with E-state index in [1.54, 1.807) is 0 Å². The zero-order chi connectivity index (χ0) is 12.3. The van der Waals surface area contributed by atoms with Gasteiger partial charge in [0.1, 0.15) is 0 Å². The van der Waals surface area contributed by atoms with Gasteiger partial charge in [-0.25, -0.2) is 0 Å². The van der Waals surface area contributed by atoms with Crippen LogP contribution in [0.4, 0.5) is 0 Å². The highest BCUT2D eigenvalue weighted by Crippen LogP contribution is 2.19. The van der Waals surface area contributed by atoms with Crippen LogP contribution in [0.25, 0.3) is 0 Å². The van der Waals surface area contributed by atoms with Crippen molar-refractivity contribution in [1.82, 2.24) is 0 Å². The molecule has 0 aromatic heterocycles. The lowest BCUT2D eigenvalue weighted by Crippen LogP contribution is -2.13.